The van der Waals surface area contributed by atoms with E-state index < -0.39 is 0 Å². The molecule has 14 heavy (non-hydrogen) atoms. The van der Waals surface area contributed by atoms with Gasteiger partial charge in [-0.1, -0.05) is 6.07 Å². The van der Waals surface area contributed by atoms with Crippen LogP contribution in [0.2, 0.25) is 0 Å². The zero-order valence-corrected chi connectivity index (χ0v) is 8.78. The molecule has 3 nitrogen and oxygen atoms in total. The van der Waals surface area contributed by atoms with Gasteiger partial charge < -0.3 is 10.1 Å². The van der Waals surface area contributed by atoms with Crippen LogP contribution in [0.3, 0.4) is 0 Å². The molecule has 0 spiro atoms. The molecule has 0 aliphatic rings. The average molecular weight is 189 g/mol. The predicted molar refractivity (Wildman–Crippen MR) is 57.1 cm³/mol. The van der Waals surface area contributed by atoms with Crippen molar-refractivity contribution in [2.24, 2.45) is 5.73 Å². The van der Waals surface area contributed by atoms with Crippen LogP contribution in [-0.4, -0.2) is 9.38 Å². The number of imidazole rings is 1. The molecule has 0 radical (unpaired) electrons. The molecule has 2 heterocycles. The minimum Gasteiger partial charge on any atom is -0.321 e. The summed E-state index contributed by atoms with van der Waals surface area (Å²) in [4.78, 5) is 4.30. The first-order chi connectivity index (χ1) is 6.50. The summed E-state index contributed by atoms with van der Waals surface area (Å²) in [6.45, 7) is 6.05. The van der Waals surface area contributed by atoms with Gasteiger partial charge in [0.25, 0.3) is 0 Å². The SMILES string of the molecule is Cc1ccc(C(C)(C)N)n2ccnc12. The Balaban J connectivity index is 2.80. The molecule has 0 bridgehead atoms. The maximum Gasteiger partial charge on any atom is 0.139 e. The van der Waals surface area contributed by atoms with Crippen molar-refractivity contribution < 1.29 is 0 Å². The van der Waals surface area contributed by atoms with Crippen LogP contribution in [-0.2, 0) is 5.54 Å². The summed E-state index contributed by atoms with van der Waals surface area (Å²) < 4.78 is 2.05. The second-order valence-electron chi connectivity index (χ2n) is 4.24. The number of pyridine rings is 1. The number of hydrogen-bond acceptors (Lipinski definition) is 2. The van der Waals surface area contributed by atoms with E-state index in [0.29, 0.717) is 0 Å². The average Bonchev–Trinajstić information content (AvgIpc) is 2.50. The molecule has 0 unspecified atom stereocenters. The van der Waals surface area contributed by atoms with Crippen molar-refractivity contribution in [1.82, 2.24) is 9.38 Å². The number of aryl methyl sites for hydroxylation is 1. The topological polar surface area (TPSA) is 43.3 Å². The van der Waals surface area contributed by atoms with Crippen LogP contribution in [0.4, 0.5) is 0 Å². The minimum atomic E-state index is -0.341. The summed E-state index contributed by atoms with van der Waals surface area (Å²) >= 11 is 0. The molecule has 2 aromatic rings. The minimum absolute atomic E-state index is 0.341. The second kappa shape index (κ2) is 2.82. The van der Waals surface area contributed by atoms with E-state index in [1.807, 2.05) is 20.0 Å². The fraction of sp³-hybridized carbons (Fsp3) is 0.364. The molecule has 2 aromatic heterocycles. The van der Waals surface area contributed by atoms with Crippen molar-refractivity contribution in [3.63, 3.8) is 0 Å². The Morgan fingerprint density at radius 3 is 2.71 bits per heavy atom. The van der Waals surface area contributed by atoms with E-state index >= 15 is 0 Å². The third-order valence-electron chi connectivity index (χ3n) is 2.40. The predicted octanol–water partition coefficient (Wildman–Crippen LogP) is 1.84. The van der Waals surface area contributed by atoms with Crippen molar-refractivity contribution in [2.75, 3.05) is 0 Å². The summed E-state index contributed by atoms with van der Waals surface area (Å²) in [7, 11) is 0. The van der Waals surface area contributed by atoms with Gasteiger partial charge in [-0.05, 0) is 32.4 Å². The van der Waals surface area contributed by atoms with Gasteiger partial charge in [0.15, 0.2) is 0 Å². The maximum absolute atomic E-state index is 6.08. The summed E-state index contributed by atoms with van der Waals surface area (Å²) in [5.74, 6) is 0. The van der Waals surface area contributed by atoms with E-state index in [0.717, 1.165) is 11.3 Å². The van der Waals surface area contributed by atoms with Gasteiger partial charge in [-0.25, -0.2) is 4.98 Å². The van der Waals surface area contributed by atoms with Crippen LogP contribution >= 0.6 is 0 Å². The van der Waals surface area contributed by atoms with Crippen LogP contribution in [0, 0.1) is 6.92 Å². The Morgan fingerprint density at radius 1 is 1.36 bits per heavy atom. The van der Waals surface area contributed by atoms with Crippen LogP contribution < -0.4 is 5.73 Å². The van der Waals surface area contributed by atoms with Crippen molar-refractivity contribution in [3.05, 3.63) is 35.8 Å². The van der Waals surface area contributed by atoms with Gasteiger partial charge in [0.1, 0.15) is 5.65 Å². The van der Waals surface area contributed by atoms with Crippen molar-refractivity contribution in [1.29, 1.82) is 0 Å². The molecule has 0 fully saturated rings. The lowest BCUT2D eigenvalue weighted by Gasteiger charge is -2.21. The lowest BCUT2D eigenvalue weighted by Crippen LogP contribution is -2.31. The Morgan fingerprint density at radius 2 is 2.07 bits per heavy atom. The molecule has 0 aliphatic carbocycles. The zero-order chi connectivity index (χ0) is 10.3. The highest BCUT2D eigenvalue weighted by Gasteiger charge is 2.17. The van der Waals surface area contributed by atoms with Crippen LogP contribution in [0.5, 0.6) is 0 Å². The van der Waals surface area contributed by atoms with E-state index in [2.05, 4.69) is 28.4 Å². The number of aromatic nitrogens is 2. The Labute approximate surface area is 83.6 Å². The van der Waals surface area contributed by atoms with Crippen LogP contribution in [0.1, 0.15) is 25.1 Å². The number of nitrogens with two attached hydrogens (primary N) is 1. The van der Waals surface area contributed by atoms with Crippen LogP contribution in [0.25, 0.3) is 5.65 Å². The van der Waals surface area contributed by atoms with Crippen LogP contribution in [0.15, 0.2) is 24.5 Å². The largest absolute Gasteiger partial charge is 0.321 e. The molecule has 0 saturated carbocycles. The Kier molecular flexibility index (Phi) is 1.86. The molecule has 0 amide bonds. The van der Waals surface area contributed by atoms with Gasteiger partial charge in [-0.3, -0.25) is 0 Å². The zero-order valence-electron chi connectivity index (χ0n) is 8.78. The second-order valence-corrected chi connectivity index (χ2v) is 4.24. The summed E-state index contributed by atoms with van der Waals surface area (Å²) in [5, 5.41) is 0. The monoisotopic (exact) mass is 189 g/mol. The molecule has 0 aliphatic heterocycles. The quantitative estimate of drug-likeness (QED) is 0.743. The third kappa shape index (κ3) is 1.30. The molecular weight excluding hydrogens is 174 g/mol. The Hall–Kier alpha value is -1.35. The first kappa shape index (κ1) is 9.21. The highest BCUT2D eigenvalue weighted by molar-refractivity contribution is 5.49. The normalized spacial score (nSPS) is 12.3. The maximum atomic E-state index is 6.08. The first-order valence-electron chi connectivity index (χ1n) is 4.72. The summed E-state index contributed by atoms with van der Waals surface area (Å²) in [5.41, 5.74) is 8.98. The molecule has 74 valence electrons. The molecule has 3 heteroatoms. The van der Waals surface area contributed by atoms with Crippen molar-refractivity contribution in [2.45, 2.75) is 26.3 Å². The van der Waals surface area contributed by atoms with Gasteiger partial charge in [0.05, 0.1) is 5.54 Å². The molecule has 2 rings (SSSR count). The molecule has 2 N–H and O–H groups in total. The van der Waals surface area contributed by atoms with E-state index in [1.165, 1.54) is 5.56 Å². The first-order valence-corrected chi connectivity index (χ1v) is 4.72. The lowest BCUT2D eigenvalue weighted by atomic mass is 10.0. The lowest BCUT2D eigenvalue weighted by molar-refractivity contribution is 0.528. The van der Waals surface area contributed by atoms with Gasteiger partial charge in [0.2, 0.25) is 0 Å². The number of fused-ring (bicyclic) bond motifs is 1. The third-order valence-corrected chi connectivity index (χ3v) is 2.40. The molecule has 0 saturated heterocycles. The van der Waals surface area contributed by atoms with E-state index in [4.69, 9.17) is 5.73 Å². The molecule has 0 aromatic carbocycles. The smallest absolute Gasteiger partial charge is 0.139 e. The fourth-order valence-corrected chi connectivity index (χ4v) is 1.67. The van der Waals surface area contributed by atoms with Gasteiger partial charge >= 0.3 is 0 Å². The number of hydrogen-bond donors (Lipinski definition) is 1. The number of rotatable bonds is 1. The standard InChI is InChI=1S/C11H15N3/c1-8-4-5-9(11(2,3)12)14-7-6-13-10(8)14/h4-7H,12H2,1-3H3. The van der Waals surface area contributed by atoms with Crippen molar-refractivity contribution in [3.8, 4) is 0 Å². The summed E-state index contributed by atoms with van der Waals surface area (Å²) in [6, 6.07) is 4.12. The van der Waals surface area contributed by atoms with Crippen molar-refractivity contribution >= 4 is 5.65 Å². The van der Waals surface area contributed by atoms with E-state index in [9.17, 15) is 0 Å². The van der Waals surface area contributed by atoms with Gasteiger partial charge in [-0.15, -0.1) is 0 Å². The summed E-state index contributed by atoms with van der Waals surface area (Å²) in [6.07, 6.45) is 3.75. The van der Waals surface area contributed by atoms with E-state index in [-0.39, 0.29) is 5.54 Å². The van der Waals surface area contributed by atoms with Gasteiger partial charge in [-0.2, -0.15) is 0 Å². The highest BCUT2D eigenvalue weighted by atomic mass is 15.0. The number of nitrogens with zero attached hydrogens (tertiary/aromatic N) is 2. The highest BCUT2D eigenvalue weighted by Crippen LogP contribution is 2.19. The fourth-order valence-electron chi connectivity index (χ4n) is 1.67. The molecule has 0 atom stereocenters. The Bertz CT molecular complexity index is 463. The van der Waals surface area contributed by atoms with Gasteiger partial charge in [0, 0.05) is 18.1 Å². The van der Waals surface area contributed by atoms with E-state index in [1.54, 1.807) is 6.20 Å². The molecular formula is C11H15N3.